The Bertz CT molecular complexity index is 1060. The molecule has 0 spiro atoms. The van der Waals surface area contributed by atoms with Gasteiger partial charge < -0.3 is 20.4 Å². The van der Waals surface area contributed by atoms with Gasteiger partial charge in [0.2, 0.25) is 11.8 Å². The number of imide groups is 1. The maximum absolute atomic E-state index is 13.3. The number of likely N-dealkylation sites (tertiary alicyclic amines) is 1. The summed E-state index contributed by atoms with van der Waals surface area (Å²) in [5, 5.41) is 39.9. The van der Waals surface area contributed by atoms with Gasteiger partial charge in [-0.15, -0.1) is 0 Å². The average Bonchev–Trinajstić information content (AvgIpc) is 3.11. The van der Waals surface area contributed by atoms with Crippen molar-refractivity contribution in [2.75, 3.05) is 13.2 Å². The van der Waals surface area contributed by atoms with Crippen molar-refractivity contribution < 1.29 is 34.8 Å². The Balaban J connectivity index is 1.69. The molecule has 1 aromatic rings. The third kappa shape index (κ3) is 7.11. The standard InChI is InChI=1S/C30H41NO7/c1-3-7-20(17-21-9-12-22(33)13-10-21)11-14-25(34)27-19(2)16-23-28(24(27)18-32)30(38)31(29(23)37)15-6-4-5-8-26(35)36/h9-10,12-13,17,23-25,28,32-34H,3-8,11,14-16,18H2,1-2H3,(H,35,36)/b20-17+/t23-,24+,25-,28-/m1/s1. The molecule has 0 bridgehead atoms. The molecule has 1 aliphatic heterocycles. The predicted octanol–water partition coefficient (Wildman–Crippen LogP) is 4.29. The van der Waals surface area contributed by atoms with Gasteiger partial charge >= 0.3 is 5.97 Å². The van der Waals surface area contributed by atoms with Crippen LogP contribution in [0.2, 0.25) is 0 Å². The lowest BCUT2D eigenvalue weighted by Gasteiger charge is -2.35. The van der Waals surface area contributed by atoms with Gasteiger partial charge in [-0.2, -0.15) is 0 Å². The summed E-state index contributed by atoms with van der Waals surface area (Å²) in [5.74, 6) is -2.99. The zero-order chi connectivity index (χ0) is 27.8. The lowest BCUT2D eigenvalue weighted by molar-refractivity contribution is -0.141. The second-order valence-corrected chi connectivity index (χ2v) is 10.6. The minimum atomic E-state index is -0.861. The van der Waals surface area contributed by atoms with Crippen molar-refractivity contribution in [2.45, 2.75) is 77.7 Å². The molecule has 1 aliphatic carbocycles. The molecule has 4 N–H and O–H groups in total. The van der Waals surface area contributed by atoms with E-state index in [0.717, 1.165) is 24.0 Å². The number of phenolic OH excluding ortho intramolecular Hbond substituents is 1. The van der Waals surface area contributed by atoms with Crippen molar-refractivity contribution >= 4 is 23.9 Å². The van der Waals surface area contributed by atoms with Gasteiger partial charge in [-0.05, 0) is 68.7 Å². The number of unbranched alkanes of at least 4 members (excludes halogenated alkanes) is 2. The van der Waals surface area contributed by atoms with Crippen molar-refractivity contribution in [3.63, 3.8) is 0 Å². The summed E-state index contributed by atoms with van der Waals surface area (Å²) in [4.78, 5) is 38.4. The van der Waals surface area contributed by atoms with E-state index >= 15 is 0 Å². The van der Waals surface area contributed by atoms with E-state index in [1.54, 1.807) is 12.1 Å². The Morgan fingerprint density at radius 3 is 2.42 bits per heavy atom. The number of aliphatic hydroxyl groups excluding tert-OH is 2. The first-order valence-corrected chi connectivity index (χ1v) is 13.7. The molecule has 1 fully saturated rings. The molecule has 0 unspecified atom stereocenters. The molecule has 1 aromatic carbocycles. The van der Waals surface area contributed by atoms with E-state index < -0.39 is 29.8 Å². The number of hydrogen-bond acceptors (Lipinski definition) is 6. The maximum Gasteiger partial charge on any atom is 0.303 e. The second-order valence-electron chi connectivity index (χ2n) is 10.6. The normalized spacial score (nSPS) is 22.7. The summed E-state index contributed by atoms with van der Waals surface area (Å²) in [7, 11) is 0. The van der Waals surface area contributed by atoms with Gasteiger partial charge in [0, 0.05) is 18.9 Å². The van der Waals surface area contributed by atoms with Crippen molar-refractivity contribution in [3.8, 4) is 5.75 Å². The Morgan fingerprint density at radius 1 is 1.08 bits per heavy atom. The van der Waals surface area contributed by atoms with E-state index in [2.05, 4.69) is 13.0 Å². The van der Waals surface area contributed by atoms with E-state index in [0.29, 0.717) is 44.1 Å². The monoisotopic (exact) mass is 527 g/mol. The number of phenols is 1. The topological polar surface area (TPSA) is 135 Å². The lowest BCUT2D eigenvalue weighted by atomic mass is 9.68. The summed E-state index contributed by atoms with van der Waals surface area (Å²) >= 11 is 0. The van der Waals surface area contributed by atoms with Crippen LogP contribution >= 0.6 is 0 Å². The van der Waals surface area contributed by atoms with Crippen molar-refractivity contribution in [2.24, 2.45) is 17.8 Å². The fraction of sp³-hybridized carbons (Fsp3) is 0.567. The van der Waals surface area contributed by atoms with Gasteiger partial charge in [-0.25, -0.2) is 0 Å². The molecule has 3 rings (SSSR count). The van der Waals surface area contributed by atoms with E-state index in [1.807, 2.05) is 19.1 Å². The number of aliphatic carboxylic acids is 1. The summed E-state index contributed by atoms with van der Waals surface area (Å²) in [6, 6.07) is 6.97. The highest BCUT2D eigenvalue weighted by Gasteiger charge is 2.54. The molecular weight excluding hydrogens is 486 g/mol. The van der Waals surface area contributed by atoms with Gasteiger partial charge in [-0.1, -0.05) is 49.1 Å². The average molecular weight is 528 g/mol. The molecule has 1 heterocycles. The van der Waals surface area contributed by atoms with Gasteiger partial charge in [0.1, 0.15) is 5.75 Å². The second kappa shape index (κ2) is 13.7. The highest BCUT2D eigenvalue weighted by molar-refractivity contribution is 6.05. The number of aromatic hydroxyl groups is 1. The molecule has 0 saturated carbocycles. The fourth-order valence-corrected chi connectivity index (χ4v) is 6.00. The molecule has 1 saturated heterocycles. The minimum Gasteiger partial charge on any atom is -0.508 e. The number of carboxylic acids is 1. The molecular formula is C30H41NO7. The van der Waals surface area contributed by atoms with Crippen LogP contribution in [0.3, 0.4) is 0 Å². The van der Waals surface area contributed by atoms with Crippen LogP contribution in [0.1, 0.15) is 77.2 Å². The third-order valence-corrected chi connectivity index (χ3v) is 7.82. The predicted molar refractivity (Wildman–Crippen MR) is 144 cm³/mol. The van der Waals surface area contributed by atoms with Crippen molar-refractivity contribution in [1.82, 2.24) is 4.90 Å². The smallest absolute Gasteiger partial charge is 0.303 e. The molecule has 2 aliphatic rings. The zero-order valence-corrected chi connectivity index (χ0v) is 22.4. The number of amides is 2. The van der Waals surface area contributed by atoms with E-state index in [-0.39, 0.29) is 37.1 Å². The van der Waals surface area contributed by atoms with Crippen LogP contribution in [0.15, 0.2) is 41.0 Å². The quantitative estimate of drug-likeness (QED) is 0.161. The number of rotatable bonds is 14. The van der Waals surface area contributed by atoms with Gasteiger partial charge in [0.05, 0.1) is 24.5 Å². The van der Waals surface area contributed by atoms with Crippen LogP contribution in [0.25, 0.3) is 6.08 Å². The number of nitrogens with zero attached hydrogens (tertiary/aromatic N) is 1. The van der Waals surface area contributed by atoms with Crippen molar-refractivity contribution in [1.29, 1.82) is 0 Å². The Kier molecular flexibility index (Phi) is 10.7. The van der Waals surface area contributed by atoms with Crippen LogP contribution in [0.5, 0.6) is 5.75 Å². The van der Waals surface area contributed by atoms with Gasteiger partial charge in [0.25, 0.3) is 0 Å². The first kappa shape index (κ1) is 29.6. The van der Waals surface area contributed by atoms with E-state index in [1.165, 1.54) is 10.5 Å². The number of benzene rings is 1. The number of fused-ring (bicyclic) bond motifs is 1. The number of aliphatic hydroxyl groups is 2. The molecule has 208 valence electrons. The number of carboxylic acid groups (broad SMARTS) is 1. The number of hydrogen-bond donors (Lipinski definition) is 4. The SMILES string of the molecule is CCC/C(=C\c1ccc(O)cc1)CC[C@@H](O)C1=C(C)C[C@H]2C(=O)N(CCCCCC(=O)O)C(=O)[C@H]2[C@H]1CO. The molecule has 4 atom stereocenters. The first-order valence-electron chi connectivity index (χ1n) is 13.7. The number of carbonyl (C=O) groups excluding carboxylic acids is 2. The summed E-state index contributed by atoms with van der Waals surface area (Å²) < 4.78 is 0. The van der Waals surface area contributed by atoms with Crippen LogP contribution in [0.4, 0.5) is 0 Å². The number of allylic oxidation sites excluding steroid dienone is 2. The highest BCUT2D eigenvalue weighted by Crippen LogP contribution is 2.46. The Labute approximate surface area is 224 Å². The summed E-state index contributed by atoms with van der Waals surface area (Å²) in [6.45, 7) is 3.91. The van der Waals surface area contributed by atoms with Crippen molar-refractivity contribution in [3.05, 3.63) is 46.5 Å². The fourth-order valence-electron chi connectivity index (χ4n) is 6.00. The molecule has 0 aromatic heterocycles. The molecule has 2 amide bonds. The summed E-state index contributed by atoms with van der Waals surface area (Å²) in [5.41, 5.74) is 3.69. The first-order chi connectivity index (χ1) is 18.2. The number of carbonyl (C=O) groups is 3. The zero-order valence-electron chi connectivity index (χ0n) is 22.4. The van der Waals surface area contributed by atoms with Crippen LogP contribution in [0, 0.1) is 17.8 Å². The molecule has 0 radical (unpaired) electrons. The van der Waals surface area contributed by atoms with Crippen LogP contribution < -0.4 is 0 Å². The van der Waals surface area contributed by atoms with E-state index in [9.17, 15) is 29.7 Å². The third-order valence-electron chi connectivity index (χ3n) is 7.82. The largest absolute Gasteiger partial charge is 0.508 e. The Morgan fingerprint density at radius 2 is 1.79 bits per heavy atom. The molecule has 38 heavy (non-hydrogen) atoms. The minimum absolute atomic E-state index is 0.0637. The van der Waals surface area contributed by atoms with Crippen LogP contribution in [-0.2, 0) is 14.4 Å². The van der Waals surface area contributed by atoms with Crippen LogP contribution in [-0.4, -0.2) is 62.4 Å². The maximum atomic E-state index is 13.3. The molecule has 8 heteroatoms. The van der Waals surface area contributed by atoms with E-state index in [4.69, 9.17) is 5.11 Å². The lowest BCUT2D eigenvalue weighted by Crippen LogP contribution is -2.39. The van der Waals surface area contributed by atoms with Gasteiger partial charge in [-0.3, -0.25) is 19.3 Å². The Hall–Kier alpha value is -2.97. The highest BCUT2D eigenvalue weighted by atomic mass is 16.4. The van der Waals surface area contributed by atoms with Gasteiger partial charge in [0.15, 0.2) is 0 Å². The summed E-state index contributed by atoms with van der Waals surface area (Å²) in [6.07, 6.45) is 6.26. The molecule has 8 nitrogen and oxygen atoms in total.